The summed E-state index contributed by atoms with van der Waals surface area (Å²) in [7, 11) is 0. The number of hydrogen-bond donors (Lipinski definition) is 0. The van der Waals surface area contributed by atoms with Crippen molar-refractivity contribution in [2.45, 2.75) is 6.42 Å². The first kappa shape index (κ1) is 10.7. The molecule has 1 aromatic rings. The van der Waals surface area contributed by atoms with E-state index >= 15 is 0 Å². The van der Waals surface area contributed by atoms with Crippen LogP contribution in [0.5, 0.6) is 5.75 Å². The van der Waals surface area contributed by atoms with Crippen LogP contribution in [0.3, 0.4) is 0 Å². The molecule has 0 unspecified atom stereocenters. The smallest absolute Gasteiger partial charge is 0.201 e. The van der Waals surface area contributed by atoms with Gasteiger partial charge in [0.2, 0.25) is 6.29 Å². The van der Waals surface area contributed by atoms with Gasteiger partial charge in [-0.2, -0.15) is 0 Å². The van der Waals surface area contributed by atoms with Gasteiger partial charge in [-0.15, -0.1) is 0 Å². The number of hydrogen-bond acceptors (Lipinski definition) is 2. The molecular weight excluding hydrogens is 300 g/mol. The normalized spacial score (nSPS) is 9.69. The van der Waals surface area contributed by atoms with Crippen LogP contribution in [0.2, 0.25) is 0 Å². The van der Waals surface area contributed by atoms with Crippen molar-refractivity contribution >= 4 is 38.1 Å². The van der Waals surface area contributed by atoms with Gasteiger partial charge in [0.15, 0.2) is 0 Å². The van der Waals surface area contributed by atoms with Crippen LogP contribution < -0.4 is 4.74 Å². The molecule has 0 aliphatic rings. The second kappa shape index (κ2) is 5.40. The van der Waals surface area contributed by atoms with Crippen molar-refractivity contribution in [3.05, 3.63) is 27.1 Å². The third-order valence-corrected chi connectivity index (χ3v) is 2.22. The minimum Gasteiger partial charge on any atom is -0.493 e. The van der Waals surface area contributed by atoms with Crippen molar-refractivity contribution in [2.24, 2.45) is 0 Å². The zero-order chi connectivity index (χ0) is 9.68. The second-order valence-corrected chi connectivity index (χ2v) is 4.18. The molecule has 0 N–H and O–H groups in total. The Balaban J connectivity index is 2.60. The highest BCUT2D eigenvalue weighted by Gasteiger charge is 1.97. The van der Waals surface area contributed by atoms with Crippen LogP contribution >= 0.6 is 31.9 Å². The van der Waals surface area contributed by atoms with Gasteiger partial charge in [-0.3, -0.25) is 4.79 Å². The van der Waals surface area contributed by atoms with Crippen LogP contribution in [0.4, 0.5) is 0 Å². The third-order valence-electron chi connectivity index (χ3n) is 1.31. The zero-order valence-electron chi connectivity index (χ0n) is 6.72. The van der Waals surface area contributed by atoms with Crippen LogP contribution in [0.1, 0.15) is 6.42 Å². The van der Waals surface area contributed by atoms with E-state index < -0.39 is 0 Å². The molecule has 0 aliphatic heterocycles. The van der Waals surface area contributed by atoms with Crippen molar-refractivity contribution in [3.63, 3.8) is 0 Å². The van der Waals surface area contributed by atoms with E-state index in [9.17, 15) is 4.79 Å². The van der Waals surface area contributed by atoms with Crippen molar-refractivity contribution < 1.29 is 9.53 Å². The Morgan fingerprint density at radius 1 is 1.23 bits per heavy atom. The molecule has 0 amide bonds. The lowest BCUT2D eigenvalue weighted by atomic mass is 10.3. The average molecular weight is 307 g/mol. The molecule has 0 saturated carbocycles. The molecule has 1 aromatic carbocycles. The summed E-state index contributed by atoms with van der Waals surface area (Å²) in [4.78, 5) is 9.91. The molecule has 0 saturated heterocycles. The van der Waals surface area contributed by atoms with E-state index in [1.54, 1.807) is 6.29 Å². The van der Waals surface area contributed by atoms with Gasteiger partial charge in [0.25, 0.3) is 0 Å². The largest absolute Gasteiger partial charge is 0.493 e. The van der Waals surface area contributed by atoms with Gasteiger partial charge in [-0.25, -0.2) is 0 Å². The van der Waals surface area contributed by atoms with Gasteiger partial charge in [0.1, 0.15) is 5.75 Å². The molecule has 0 fully saturated rings. The summed E-state index contributed by atoms with van der Waals surface area (Å²) in [6.45, 7) is 0.367. The molecule has 4 heteroatoms. The molecule has 69 valence electrons. The lowest BCUT2D eigenvalue weighted by Gasteiger charge is -2.04. The highest BCUT2D eigenvalue weighted by Crippen LogP contribution is 2.24. The molecule has 0 atom stereocenters. The zero-order valence-corrected chi connectivity index (χ0v) is 9.89. The van der Waals surface area contributed by atoms with Crippen molar-refractivity contribution in [1.29, 1.82) is 0 Å². The minimum atomic E-state index is 0.296. The van der Waals surface area contributed by atoms with Crippen molar-refractivity contribution in [2.75, 3.05) is 6.61 Å². The van der Waals surface area contributed by atoms with E-state index in [4.69, 9.17) is 4.74 Å². The minimum absolute atomic E-state index is 0.296. The molecule has 0 spiro atoms. The number of benzene rings is 1. The van der Waals surface area contributed by atoms with Gasteiger partial charge in [-0.1, -0.05) is 31.9 Å². The summed E-state index contributed by atoms with van der Waals surface area (Å²) in [5, 5.41) is 0. The Bertz CT molecular complexity index is 279. The lowest BCUT2D eigenvalue weighted by molar-refractivity contribution is 0.326. The Kier molecular flexibility index (Phi) is 4.45. The van der Waals surface area contributed by atoms with Crippen molar-refractivity contribution in [3.8, 4) is 5.75 Å². The maximum atomic E-state index is 9.91. The van der Waals surface area contributed by atoms with Gasteiger partial charge in [0, 0.05) is 15.4 Å². The SMILES string of the molecule is O=[C]CCOc1cc(Br)cc(Br)c1. The molecule has 0 bridgehead atoms. The number of halogens is 2. The molecular formula is C9H7Br2O2. The van der Waals surface area contributed by atoms with Gasteiger partial charge >= 0.3 is 0 Å². The summed E-state index contributed by atoms with van der Waals surface area (Å²) in [5.74, 6) is 0.733. The summed E-state index contributed by atoms with van der Waals surface area (Å²) < 4.78 is 7.16. The van der Waals surface area contributed by atoms with Crippen LogP contribution in [0.15, 0.2) is 27.1 Å². The summed E-state index contributed by atoms with van der Waals surface area (Å²) >= 11 is 6.67. The van der Waals surface area contributed by atoms with Crippen LogP contribution in [0, 0.1) is 0 Å². The highest BCUT2D eigenvalue weighted by atomic mass is 79.9. The fourth-order valence-corrected chi connectivity index (χ4v) is 2.07. The van der Waals surface area contributed by atoms with Gasteiger partial charge < -0.3 is 4.74 Å². The fraction of sp³-hybridized carbons (Fsp3) is 0.222. The monoisotopic (exact) mass is 305 g/mol. The predicted molar refractivity (Wildman–Crippen MR) is 57.6 cm³/mol. The quantitative estimate of drug-likeness (QED) is 0.799. The molecule has 1 rings (SSSR count). The summed E-state index contributed by atoms with van der Waals surface area (Å²) in [6.07, 6.45) is 2.06. The molecule has 1 radical (unpaired) electrons. The molecule has 0 aromatic heterocycles. The standard InChI is InChI=1S/C9H7Br2O2/c10-7-4-8(11)6-9(5-7)13-3-1-2-12/h4-6H,1,3H2. The molecule has 0 heterocycles. The number of ether oxygens (including phenoxy) is 1. The Hall–Kier alpha value is -0.350. The maximum Gasteiger partial charge on any atom is 0.201 e. The molecule has 13 heavy (non-hydrogen) atoms. The maximum absolute atomic E-state index is 9.91. The molecule has 0 aliphatic carbocycles. The first-order chi connectivity index (χ1) is 6.22. The molecule has 2 nitrogen and oxygen atoms in total. The van der Waals surface area contributed by atoms with Crippen LogP contribution in [-0.4, -0.2) is 12.9 Å². The van der Waals surface area contributed by atoms with Gasteiger partial charge in [-0.05, 0) is 18.2 Å². The Morgan fingerprint density at radius 2 is 1.85 bits per heavy atom. The first-order valence-electron chi connectivity index (χ1n) is 3.66. The van der Waals surface area contributed by atoms with E-state index in [0.717, 1.165) is 14.7 Å². The van der Waals surface area contributed by atoms with E-state index in [1.807, 2.05) is 18.2 Å². The fourth-order valence-electron chi connectivity index (χ4n) is 0.822. The van der Waals surface area contributed by atoms with Crippen LogP contribution in [0.25, 0.3) is 0 Å². The van der Waals surface area contributed by atoms with E-state index in [0.29, 0.717) is 13.0 Å². The Morgan fingerprint density at radius 3 is 2.38 bits per heavy atom. The van der Waals surface area contributed by atoms with Crippen molar-refractivity contribution in [1.82, 2.24) is 0 Å². The summed E-state index contributed by atoms with van der Waals surface area (Å²) in [6, 6.07) is 5.60. The summed E-state index contributed by atoms with van der Waals surface area (Å²) in [5.41, 5.74) is 0. The second-order valence-electron chi connectivity index (χ2n) is 2.35. The van der Waals surface area contributed by atoms with Crippen LogP contribution in [-0.2, 0) is 4.79 Å². The van der Waals surface area contributed by atoms with E-state index in [1.165, 1.54) is 0 Å². The lowest BCUT2D eigenvalue weighted by Crippen LogP contribution is -1.97. The predicted octanol–water partition coefficient (Wildman–Crippen LogP) is 3.09. The number of rotatable bonds is 4. The third kappa shape index (κ3) is 3.91. The highest BCUT2D eigenvalue weighted by molar-refractivity contribution is 9.11. The number of carbonyl (C=O) groups excluding carboxylic acids is 1. The van der Waals surface area contributed by atoms with E-state index in [-0.39, 0.29) is 0 Å². The van der Waals surface area contributed by atoms with E-state index in [2.05, 4.69) is 31.9 Å². The topological polar surface area (TPSA) is 26.3 Å². The average Bonchev–Trinajstić information content (AvgIpc) is 2.03. The Labute approximate surface area is 93.5 Å². The first-order valence-corrected chi connectivity index (χ1v) is 5.25. The van der Waals surface area contributed by atoms with Gasteiger partial charge in [0.05, 0.1) is 6.61 Å².